The van der Waals surface area contributed by atoms with Crippen LogP contribution in [0.3, 0.4) is 0 Å². The van der Waals surface area contributed by atoms with Crippen LogP contribution in [0.1, 0.15) is 12.8 Å². The Morgan fingerprint density at radius 2 is 2.00 bits per heavy atom. The largest absolute Gasteiger partial charge is 0.399 e. The number of nitrogens with two attached hydrogens (primary N) is 1. The number of carbonyl (C=O) groups excluding carboxylic acids is 2. The van der Waals surface area contributed by atoms with Crippen molar-refractivity contribution in [3.05, 3.63) is 24.3 Å². The molecule has 1 saturated heterocycles. The zero-order chi connectivity index (χ0) is 15.2. The third-order valence-corrected chi connectivity index (χ3v) is 3.60. The number of carbonyl (C=O) groups is 2. The molecule has 2 rings (SSSR count). The molecule has 0 aromatic heterocycles. The average molecular weight is 290 g/mol. The summed E-state index contributed by atoms with van der Waals surface area (Å²) in [7, 11) is 1.82. The minimum atomic E-state index is -0.0511. The highest BCUT2D eigenvalue weighted by Crippen LogP contribution is 2.11. The minimum Gasteiger partial charge on any atom is -0.399 e. The highest BCUT2D eigenvalue weighted by atomic mass is 16.2. The number of anilines is 2. The van der Waals surface area contributed by atoms with Gasteiger partial charge < -0.3 is 16.0 Å². The lowest BCUT2D eigenvalue weighted by Gasteiger charge is -2.18. The van der Waals surface area contributed by atoms with Gasteiger partial charge in [-0.1, -0.05) is 0 Å². The van der Waals surface area contributed by atoms with Crippen molar-refractivity contribution >= 4 is 23.2 Å². The topological polar surface area (TPSA) is 78.7 Å². The highest BCUT2D eigenvalue weighted by molar-refractivity contribution is 5.91. The molecule has 114 valence electrons. The minimum absolute atomic E-state index is 0.0511. The first-order chi connectivity index (χ1) is 10.0. The monoisotopic (exact) mass is 290 g/mol. The molecule has 6 nitrogen and oxygen atoms in total. The third kappa shape index (κ3) is 4.75. The zero-order valence-electron chi connectivity index (χ0n) is 12.3. The van der Waals surface area contributed by atoms with Crippen LogP contribution in [-0.4, -0.2) is 54.8 Å². The van der Waals surface area contributed by atoms with E-state index < -0.39 is 0 Å². The summed E-state index contributed by atoms with van der Waals surface area (Å²) >= 11 is 0. The molecule has 0 spiro atoms. The second-order valence-corrected chi connectivity index (χ2v) is 5.37. The molecule has 1 fully saturated rings. The van der Waals surface area contributed by atoms with Gasteiger partial charge in [0.1, 0.15) is 0 Å². The number of hydrogen-bond acceptors (Lipinski definition) is 4. The van der Waals surface area contributed by atoms with Gasteiger partial charge in [0.05, 0.1) is 6.54 Å². The van der Waals surface area contributed by atoms with Gasteiger partial charge in [0.2, 0.25) is 11.8 Å². The van der Waals surface area contributed by atoms with Gasteiger partial charge in [0, 0.05) is 44.5 Å². The van der Waals surface area contributed by atoms with Gasteiger partial charge in [-0.3, -0.25) is 14.5 Å². The Hall–Kier alpha value is -2.08. The van der Waals surface area contributed by atoms with Gasteiger partial charge in [-0.15, -0.1) is 0 Å². The molecule has 1 aliphatic rings. The quantitative estimate of drug-likeness (QED) is 0.803. The van der Waals surface area contributed by atoms with E-state index in [1.165, 1.54) is 0 Å². The number of rotatable bonds is 4. The van der Waals surface area contributed by atoms with Gasteiger partial charge in [-0.05, 0) is 30.7 Å². The van der Waals surface area contributed by atoms with Crippen molar-refractivity contribution in [3.63, 3.8) is 0 Å². The Labute approximate surface area is 124 Å². The van der Waals surface area contributed by atoms with Crippen molar-refractivity contribution in [2.24, 2.45) is 0 Å². The predicted molar refractivity (Wildman–Crippen MR) is 82.8 cm³/mol. The summed E-state index contributed by atoms with van der Waals surface area (Å²) in [6, 6.07) is 7.05. The number of likely N-dealkylation sites (N-methyl/N-ethyl adjacent to an activating group) is 1. The molecule has 0 radical (unpaired) electrons. The molecule has 2 amide bonds. The lowest BCUT2D eigenvalue weighted by Crippen LogP contribution is -2.35. The van der Waals surface area contributed by atoms with Crippen LogP contribution in [0.2, 0.25) is 0 Å². The summed E-state index contributed by atoms with van der Waals surface area (Å²) in [5.74, 6) is 0.0660. The number of amides is 2. The molecule has 1 heterocycles. The normalized spacial score (nSPS) is 16.6. The molecule has 0 saturated carbocycles. The Morgan fingerprint density at radius 3 is 2.71 bits per heavy atom. The number of nitrogen functional groups attached to an aromatic ring is 1. The maximum absolute atomic E-state index is 11.9. The van der Waals surface area contributed by atoms with Crippen LogP contribution in [0.25, 0.3) is 0 Å². The predicted octanol–water partition coefficient (Wildman–Crippen LogP) is 0.761. The summed E-state index contributed by atoms with van der Waals surface area (Å²) in [5.41, 5.74) is 7.00. The summed E-state index contributed by atoms with van der Waals surface area (Å²) < 4.78 is 0. The van der Waals surface area contributed by atoms with Crippen LogP contribution in [0.4, 0.5) is 11.4 Å². The second-order valence-electron chi connectivity index (χ2n) is 5.37. The van der Waals surface area contributed by atoms with Gasteiger partial charge in [0.25, 0.3) is 0 Å². The Balaban J connectivity index is 1.78. The first kappa shape index (κ1) is 15.3. The summed E-state index contributed by atoms with van der Waals surface area (Å²) in [6.07, 6.45) is 1.32. The Bertz CT molecular complexity index is 501. The van der Waals surface area contributed by atoms with E-state index in [0.29, 0.717) is 25.2 Å². The Kier molecular flexibility index (Phi) is 5.16. The molecule has 0 atom stereocenters. The number of benzene rings is 1. The van der Waals surface area contributed by atoms with Crippen molar-refractivity contribution < 1.29 is 9.59 Å². The van der Waals surface area contributed by atoms with E-state index in [1.807, 2.05) is 11.9 Å². The lowest BCUT2D eigenvalue weighted by molar-refractivity contribution is -0.130. The van der Waals surface area contributed by atoms with Crippen molar-refractivity contribution in [1.29, 1.82) is 0 Å². The first-order valence-electron chi connectivity index (χ1n) is 7.16. The molecule has 1 aliphatic heterocycles. The van der Waals surface area contributed by atoms with Crippen molar-refractivity contribution in [2.45, 2.75) is 12.8 Å². The first-order valence-corrected chi connectivity index (χ1v) is 7.16. The maximum atomic E-state index is 11.9. The molecule has 0 unspecified atom stereocenters. The number of nitrogens with zero attached hydrogens (tertiary/aromatic N) is 2. The van der Waals surface area contributed by atoms with Gasteiger partial charge in [-0.25, -0.2) is 0 Å². The molecule has 1 aromatic carbocycles. The highest BCUT2D eigenvalue weighted by Gasteiger charge is 2.19. The van der Waals surface area contributed by atoms with Crippen LogP contribution in [0.5, 0.6) is 0 Å². The molecule has 3 N–H and O–H groups in total. The van der Waals surface area contributed by atoms with E-state index in [1.54, 1.807) is 29.2 Å². The van der Waals surface area contributed by atoms with Crippen LogP contribution in [0, 0.1) is 0 Å². The van der Waals surface area contributed by atoms with Gasteiger partial charge in [-0.2, -0.15) is 0 Å². The van der Waals surface area contributed by atoms with Crippen LogP contribution >= 0.6 is 0 Å². The summed E-state index contributed by atoms with van der Waals surface area (Å²) in [6.45, 7) is 2.63. The van der Waals surface area contributed by atoms with E-state index in [0.717, 1.165) is 25.2 Å². The lowest BCUT2D eigenvalue weighted by atomic mass is 10.2. The number of nitrogens with one attached hydrogen (secondary N) is 1. The van der Waals surface area contributed by atoms with Gasteiger partial charge >= 0.3 is 0 Å². The average Bonchev–Trinajstić information content (AvgIpc) is 2.61. The fraction of sp³-hybridized carbons (Fsp3) is 0.467. The van der Waals surface area contributed by atoms with Crippen molar-refractivity contribution in [2.75, 3.05) is 44.3 Å². The molecule has 0 bridgehead atoms. The zero-order valence-corrected chi connectivity index (χ0v) is 12.3. The summed E-state index contributed by atoms with van der Waals surface area (Å²) in [4.78, 5) is 27.5. The Morgan fingerprint density at radius 1 is 1.29 bits per heavy atom. The van der Waals surface area contributed by atoms with E-state index >= 15 is 0 Å². The van der Waals surface area contributed by atoms with Crippen molar-refractivity contribution in [3.8, 4) is 0 Å². The fourth-order valence-corrected chi connectivity index (χ4v) is 2.29. The molecule has 1 aromatic rings. The van der Waals surface area contributed by atoms with E-state index in [2.05, 4.69) is 5.32 Å². The number of hydrogen-bond donors (Lipinski definition) is 2. The SMILES string of the molecule is CN1CCCN(CCC(=O)Nc2ccc(N)cc2)CC1=O. The van der Waals surface area contributed by atoms with Crippen LogP contribution in [0.15, 0.2) is 24.3 Å². The third-order valence-electron chi connectivity index (χ3n) is 3.60. The molecular weight excluding hydrogens is 268 g/mol. The smallest absolute Gasteiger partial charge is 0.236 e. The molecule has 6 heteroatoms. The standard InChI is InChI=1S/C15H22N4O2/c1-18-8-2-9-19(11-15(18)21)10-7-14(20)17-13-5-3-12(16)4-6-13/h3-6H,2,7-11,16H2,1H3,(H,17,20). The van der Waals surface area contributed by atoms with Crippen LogP contribution in [-0.2, 0) is 9.59 Å². The van der Waals surface area contributed by atoms with Crippen molar-refractivity contribution in [1.82, 2.24) is 9.80 Å². The molecule has 0 aliphatic carbocycles. The fourth-order valence-electron chi connectivity index (χ4n) is 2.29. The second kappa shape index (κ2) is 7.08. The molecule has 21 heavy (non-hydrogen) atoms. The molecular formula is C15H22N4O2. The van der Waals surface area contributed by atoms with Crippen LogP contribution < -0.4 is 11.1 Å². The maximum Gasteiger partial charge on any atom is 0.236 e. The van der Waals surface area contributed by atoms with E-state index in [-0.39, 0.29) is 11.8 Å². The van der Waals surface area contributed by atoms with E-state index in [9.17, 15) is 9.59 Å². The van der Waals surface area contributed by atoms with E-state index in [4.69, 9.17) is 5.73 Å². The summed E-state index contributed by atoms with van der Waals surface area (Å²) in [5, 5.41) is 2.83. The van der Waals surface area contributed by atoms with Gasteiger partial charge in [0.15, 0.2) is 0 Å².